The predicted octanol–water partition coefficient (Wildman–Crippen LogP) is 7.60. The van der Waals surface area contributed by atoms with E-state index in [9.17, 15) is 13.6 Å². The Kier molecular flexibility index (Phi) is 8.65. The fourth-order valence-electron chi connectivity index (χ4n) is 4.82. The van der Waals surface area contributed by atoms with Crippen molar-refractivity contribution in [3.8, 4) is 23.0 Å². The zero-order chi connectivity index (χ0) is 31.0. The summed E-state index contributed by atoms with van der Waals surface area (Å²) in [6.07, 6.45) is 0.0319. The lowest BCUT2D eigenvalue weighted by atomic mass is 9.87. The molecule has 2 N–H and O–H groups in total. The van der Waals surface area contributed by atoms with E-state index in [2.05, 4.69) is 16.9 Å². The monoisotopic (exact) mass is 592 g/mol. The van der Waals surface area contributed by atoms with Gasteiger partial charge < -0.3 is 10.5 Å². The van der Waals surface area contributed by atoms with Crippen molar-refractivity contribution in [1.82, 2.24) is 14.8 Å². The molecule has 2 aromatic carbocycles. The number of nitrogens with two attached hydrogens (primary N) is 1. The molecule has 0 amide bonds. The summed E-state index contributed by atoms with van der Waals surface area (Å²) in [4.78, 5) is 18.1. The summed E-state index contributed by atoms with van der Waals surface area (Å²) in [6.45, 7) is 11.3. The molecule has 42 heavy (non-hydrogen) atoms. The zero-order valence-corrected chi connectivity index (χ0v) is 25.7. The molecule has 0 spiro atoms. The van der Waals surface area contributed by atoms with E-state index in [-0.39, 0.29) is 24.1 Å². The summed E-state index contributed by atoms with van der Waals surface area (Å²) in [5.74, 6) is 4.12. The van der Waals surface area contributed by atoms with Gasteiger partial charge in [-0.15, -0.1) is 0 Å². The Bertz CT molecular complexity index is 1700. The van der Waals surface area contributed by atoms with Gasteiger partial charge >= 0.3 is 5.97 Å². The van der Waals surface area contributed by atoms with Crippen LogP contribution in [0.4, 0.5) is 14.6 Å². The lowest BCUT2D eigenvalue weighted by Gasteiger charge is -2.24. The van der Waals surface area contributed by atoms with Crippen LogP contribution in [0.25, 0.3) is 22.0 Å². The number of rotatable bonds is 6. The van der Waals surface area contributed by atoms with Crippen LogP contribution in [0, 0.1) is 28.9 Å². The first-order chi connectivity index (χ1) is 19.5. The number of fused-ring (bicyclic) bond motifs is 1. The Hall–Kier alpha value is -3.96. The van der Waals surface area contributed by atoms with Crippen LogP contribution in [0.1, 0.15) is 70.8 Å². The van der Waals surface area contributed by atoms with Gasteiger partial charge in [-0.2, -0.15) is 5.10 Å². The second-order valence-corrected chi connectivity index (χ2v) is 12.8. The van der Waals surface area contributed by atoms with Crippen molar-refractivity contribution >= 4 is 34.3 Å². The Morgan fingerprint density at radius 1 is 1.05 bits per heavy atom. The molecule has 0 fully saturated rings. The molecule has 0 radical (unpaired) electrons. The van der Waals surface area contributed by atoms with E-state index in [4.69, 9.17) is 27.1 Å². The summed E-state index contributed by atoms with van der Waals surface area (Å²) >= 11 is 6.51. The number of hydrogen-bond donors (Lipinski definition) is 1. The van der Waals surface area contributed by atoms with E-state index in [1.807, 2.05) is 39.0 Å². The normalized spacial score (nSPS) is 12.6. The summed E-state index contributed by atoms with van der Waals surface area (Å²) in [7, 11) is 1.77. The van der Waals surface area contributed by atoms with Gasteiger partial charge in [0.1, 0.15) is 22.9 Å². The smallest absolute Gasteiger partial charge is 0.306 e. The predicted molar refractivity (Wildman–Crippen MR) is 163 cm³/mol. The number of carbonyl (C=O) groups excluding carboxylic acids is 1. The minimum absolute atomic E-state index is 0.0875. The molecule has 2 heterocycles. The van der Waals surface area contributed by atoms with Gasteiger partial charge in [-0.3, -0.25) is 9.48 Å². The standard InChI is InChI=1S/C33H35ClF2N4O2/c1-32(2,3)13-12-23-8-9-24(25-10-11-26(34)28-30(25)40(7)39-31(28)37)29(38-23)20(17-27(41)42-33(4,5)6)14-19-15-21(35)18-22(36)16-19/h8-11,15-16,18,20H,14,17H2,1-7H3,(H2,37,39)/t20-/m1/s1. The highest BCUT2D eigenvalue weighted by Gasteiger charge is 2.27. The van der Waals surface area contributed by atoms with Gasteiger partial charge in [-0.1, -0.05) is 23.6 Å². The summed E-state index contributed by atoms with van der Waals surface area (Å²) in [5, 5.41) is 5.41. The van der Waals surface area contributed by atoms with E-state index in [1.54, 1.807) is 38.6 Å². The third kappa shape index (κ3) is 7.46. The topological polar surface area (TPSA) is 83.0 Å². The Morgan fingerprint density at radius 3 is 2.31 bits per heavy atom. The summed E-state index contributed by atoms with van der Waals surface area (Å²) in [6, 6.07) is 10.6. The molecule has 0 saturated carbocycles. The first-order valence-electron chi connectivity index (χ1n) is 13.6. The number of pyridine rings is 1. The minimum Gasteiger partial charge on any atom is -0.460 e. The third-order valence-electron chi connectivity index (χ3n) is 6.37. The molecular formula is C33H35ClF2N4O2. The van der Waals surface area contributed by atoms with Crippen LogP contribution in [-0.2, 0) is 23.0 Å². The van der Waals surface area contributed by atoms with Crippen LogP contribution in [0.3, 0.4) is 0 Å². The third-order valence-corrected chi connectivity index (χ3v) is 6.68. The molecule has 6 nitrogen and oxygen atoms in total. The number of halogens is 3. The highest BCUT2D eigenvalue weighted by atomic mass is 35.5. The van der Waals surface area contributed by atoms with Gasteiger partial charge in [0, 0.05) is 35.6 Å². The second-order valence-electron chi connectivity index (χ2n) is 12.4. The first-order valence-corrected chi connectivity index (χ1v) is 14.0. The molecular weight excluding hydrogens is 558 g/mol. The number of esters is 1. The second kappa shape index (κ2) is 11.7. The van der Waals surface area contributed by atoms with Crippen LogP contribution in [0.15, 0.2) is 42.5 Å². The van der Waals surface area contributed by atoms with E-state index in [0.29, 0.717) is 38.4 Å². The minimum atomic E-state index is -0.725. The highest BCUT2D eigenvalue weighted by Crippen LogP contribution is 2.40. The van der Waals surface area contributed by atoms with Gasteiger partial charge in [0.25, 0.3) is 0 Å². The summed E-state index contributed by atoms with van der Waals surface area (Å²) in [5.41, 5.74) is 8.71. The maximum atomic E-state index is 14.2. The van der Waals surface area contributed by atoms with E-state index >= 15 is 0 Å². The first kappa shape index (κ1) is 31.0. The van der Waals surface area contributed by atoms with Crippen molar-refractivity contribution in [2.75, 3.05) is 5.73 Å². The number of aromatic nitrogens is 3. The van der Waals surface area contributed by atoms with Crippen molar-refractivity contribution in [1.29, 1.82) is 0 Å². The molecule has 0 aliphatic heterocycles. The van der Waals surface area contributed by atoms with Crippen LogP contribution in [0.5, 0.6) is 0 Å². The molecule has 0 aliphatic rings. The zero-order valence-electron chi connectivity index (χ0n) is 24.9. The SMILES string of the molecule is Cn1nc(N)c2c(Cl)ccc(-c3ccc(C#CC(C)(C)C)nc3[C@@H](CC(=O)OC(C)(C)C)Cc3cc(F)cc(F)c3)c21. The van der Waals surface area contributed by atoms with E-state index in [1.165, 1.54) is 12.1 Å². The van der Waals surface area contributed by atoms with Crippen molar-refractivity contribution in [3.63, 3.8) is 0 Å². The number of nitrogens with zero attached hydrogens (tertiary/aromatic N) is 3. The molecule has 9 heteroatoms. The van der Waals surface area contributed by atoms with Gasteiger partial charge in [-0.25, -0.2) is 13.8 Å². The Morgan fingerprint density at radius 2 is 1.69 bits per heavy atom. The van der Waals surface area contributed by atoms with Gasteiger partial charge in [-0.05, 0) is 89.8 Å². The molecule has 4 rings (SSSR count). The average Bonchev–Trinajstić information content (AvgIpc) is 3.15. The molecule has 0 aliphatic carbocycles. The number of aryl methyl sites for hydroxylation is 1. The van der Waals surface area contributed by atoms with Crippen molar-refractivity contribution in [2.45, 2.75) is 65.9 Å². The van der Waals surface area contributed by atoms with Crippen LogP contribution in [-0.4, -0.2) is 26.3 Å². The van der Waals surface area contributed by atoms with Crippen LogP contribution >= 0.6 is 11.6 Å². The molecule has 2 aromatic heterocycles. The number of ether oxygens (including phenoxy) is 1. The maximum Gasteiger partial charge on any atom is 0.306 e. The van der Waals surface area contributed by atoms with Gasteiger partial charge in [0.2, 0.25) is 0 Å². The number of benzene rings is 2. The lowest BCUT2D eigenvalue weighted by molar-refractivity contribution is -0.155. The van der Waals surface area contributed by atoms with Crippen molar-refractivity contribution < 1.29 is 18.3 Å². The van der Waals surface area contributed by atoms with Crippen molar-refractivity contribution in [3.05, 3.63) is 76.1 Å². The van der Waals surface area contributed by atoms with E-state index < -0.39 is 29.1 Å². The van der Waals surface area contributed by atoms with Gasteiger partial charge in [0.05, 0.1) is 28.0 Å². The van der Waals surface area contributed by atoms with Gasteiger partial charge in [0.15, 0.2) is 5.82 Å². The average molecular weight is 593 g/mol. The van der Waals surface area contributed by atoms with Crippen molar-refractivity contribution in [2.24, 2.45) is 12.5 Å². The molecule has 220 valence electrons. The fraction of sp³-hybridized carbons (Fsp3) is 0.364. The highest BCUT2D eigenvalue weighted by molar-refractivity contribution is 6.37. The number of nitrogen functional groups attached to an aromatic ring is 1. The molecule has 0 unspecified atom stereocenters. The number of carbonyl (C=O) groups is 1. The largest absolute Gasteiger partial charge is 0.460 e. The molecule has 4 aromatic rings. The van der Waals surface area contributed by atoms with Crippen LogP contribution < -0.4 is 5.73 Å². The number of hydrogen-bond acceptors (Lipinski definition) is 5. The number of anilines is 1. The summed E-state index contributed by atoms with van der Waals surface area (Å²) < 4.78 is 35.8. The lowest BCUT2D eigenvalue weighted by Crippen LogP contribution is -2.25. The van der Waals surface area contributed by atoms with Crippen LogP contribution in [0.2, 0.25) is 5.02 Å². The maximum absolute atomic E-state index is 14.2. The molecule has 1 atom stereocenters. The quantitative estimate of drug-likeness (QED) is 0.184. The fourth-order valence-corrected chi connectivity index (χ4v) is 5.07. The van der Waals surface area contributed by atoms with E-state index in [0.717, 1.165) is 11.6 Å². The Balaban J connectivity index is 1.98. The molecule has 0 bridgehead atoms. The molecule has 0 saturated heterocycles. The Labute approximate surface area is 250 Å².